The first kappa shape index (κ1) is 28.3. The van der Waals surface area contributed by atoms with E-state index in [0.29, 0.717) is 40.3 Å². The highest BCUT2D eigenvalue weighted by atomic mass is 19.1. The monoisotopic (exact) mass is 544 g/mol. The number of aromatic nitrogens is 2. The van der Waals surface area contributed by atoms with Crippen molar-refractivity contribution in [3.05, 3.63) is 101 Å². The SMILES string of the molecule is C1CCOC1.CCc1cc(O)c(F)c(C(Nc2ccc(C(=N)N)cc2)c2ncc(-c3ccccc3C(N)=O)[nH]2)c1. The summed E-state index contributed by atoms with van der Waals surface area (Å²) in [4.78, 5) is 19.5. The fourth-order valence-electron chi connectivity index (χ4n) is 4.38. The van der Waals surface area contributed by atoms with Crippen molar-refractivity contribution in [2.24, 2.45) is 11.5 Å². The number of nitrogens with two attached hydrogens (primary N) is 2. The van der Waals surface area contributed by atoms with Gasteiger partial charge in [-0.3, -0.25) is 10.2 Å². The normalized spacial score (nSPS) is 13.2. The van der Waals surface area contributed by atoms with Gasteiger partial charge in [-0.1, -0.05) is 31.2 Å². The molecule has 5 rings (SSSR count). The van der Waals surface area contributed by atoms with Crippen molar-refractivity contribution in [1.29, 1.82) is 5.41 Å². The summed E-state index contributed by atoms with van der Waals surface area (Å²) in [5.74, 6) is -1.51. The molecule has 1 aliphatic heterocycles. The number of rotatable bonds is 8. The van der Waals surface area contributed by atoms with Crippen LogP contribution in [0, 0.1) is 11.2 Å². The number of carbonyl (C=O) groups excluding carboxylic acids is 1. The van der Waals surface area contributed by atoms with E-state index in [9.17, 15) is 9.90 Å². The molecule has 1 amide bonds. The molecule has 0 radical (unpaired) electrons. The van der Waals surface area contributed by atoms with Crippen LogP contribution in [-0.4, -0.2) is 40.0 Å². The second-order valence-corrected chi connectivity index (χ2v) is 9.35. The van der Waals surface area contributed by atoms with Gasteiger partial charge in [-0.2, -0.15) is 0 Å². The third-order valence-corrected chi connectivity index (χ3v) is 6.55. The van der Waals surface area contributed by atoms with Gasteiger partial charge >= 0.3 is 0 Å². The lowest BCUT2D eigenvalue weighted by Crippen LogP contribution is -2.17. The number of nitrogens with one attached hydrogen (secondary N) is 3. The second kappa shape index (κ2) is 12.9. The van der Waals surface area contributed by atoms with Gasteiger partial charge in [0.25, 0.3) is 0 Å². The van der Waals surface area contributed by atoms with Gasteiger partial charge in [0.15, 0.2) is 11.6 Å². The summed E-state index contributed by atoms with van der Waals surface area (Å²) in [6, 6.07) is 15.9. The van der Waals surface area contributed by atoms with E-state index in [1.165, 1.54) is 18.9 Å². The molecule has 0 spiro atoms. The summed E-state index contributed by atoms with van der Waals surface area (Å²) in [5, 5.41) is 21.1. The van der Waals surface area contributed by atoms with Gasteiger partial charge in [0, 0.05) is 41.2 Å². The Labute approximate surface area is 231 Å². The summed E-state index contributed by atoms with van der Waals surface area (Å²) in [6.07, 6.45) is 4.70. The van der Waals surface area contributed by atoms with Crippen LogP contribution in [0.5, 0.6) is 5.75 Å². The minimum Gasteiger partial charge on any atom is -0.505 e. The van der Waals surface area contributed by atoms with E-state index in [1.807, 2.05) is 6.92 Å². The number of halogens is 1. The number of amides is 1. The largest absolute Gasteiger partial charge is 0.505 e. The fraction of sp³-hybridized carbons (Fsp3) is 0.233. The predicted octanol–water partition coefficient (Wildman–Crippen LogP) is 4.87. The molecule has 1 aliphatic rings. The first-order valence-electron chi connectivity index (χ1n) is 13.0. The number of carbonyl (C=O) groups is 1. The molecule has 4 aromatic rings. The predicted molar refractivity (Wildman–Crippen MR) is 153 cm³/mol. The van der Waals surface area contributed by atoms with Gasteiger partial charge in [-0.05, 0) is 61.2 Å². The maximum absolute atomic E-state index is 15.2. The third kappa shape index (κ3) is 6.65. The van der Waals surface area contributed by atoms with Gasteiger partial charge in [-0.15, -0.1) is 0 Å². The minimum atomic E-state index is -0.815. The lowest BCUT2D eigenvalue weighted by Gasteiger charge is -2.21. The molecule has 208 valence electrons. The van der Waals surface area contributed by atoms with Crippen molar-refractivity contribution in [1.82, 2.24) is 9.97 Å². The molecular formula is C30H33FN6O3. The maximum atomic E-state index is 15.2. The second-order valence-electron chi connectivity index (χ2n) is 9.35. The van der Waals surface area contributed by atoms with E-state index in [2.05, 4.69) is 15.3 Å². The highest BCUT2D eigenvalue weighted by molar-refractivity contribution is 5.99. The highest BCUT2D eigenvalue weighted by Gasteiger charge is 2.25. The maximum Gasteiger partial charge on any atom is 0.249 e. The average molecular weight is 545 g/mol. The molecule has 9 nitrogen and oxygen atoms in total. The van der Waals surface area contributed by atoms with Crippen molar-refractivity contribution in [3.63, 3.8) is 0 Å². The van der Waals surface area contributed by atoms with Crippen LogP contribution in [0.25, 0.3) is 11.3 Å². The molecule has 8 N–H and O–H groups in total. The molecule has 0 aliphatic carbocycles. The highest BCUT2D eigenvalue weighted by Crippen LogP contribution is 2.33. The van der Waals surface area contributed by atoms with E-state index < -0.39 is 23.5 Å². The summed E-state index contributed by atoms with van der Waals surface area (Å²) in [5.41, 5.74) is 14.6. The van der Waals surface area contributed by atoms with Crippen LogP contribution < -0.4 is 16.8 Å². The molecule has 1 aromatic heterocycles. The Morgan fingerprint density at radius 3 is 2.45 bits per heavy atom. The molecular weight excluding hydrogens is 511 g/mol. The Bertz CT molecular complexity index is 1470. The lowest BCUT2D eigenvalue weighted by atomic mass is 10.00. The molecule has 1 fully saturated rings. The minimum absolute atomic E-state index is 0.0662. The van der Waals surface area contributed by atoms with Crippen LogP contribution >= 0.6 is 0 Å². The van der Waals surface area contributed by atoms with Crippen LogP contribution in [0.15, 0.2) is 66.9 Å². The molecule has 3 aromatic carbocycles. The number of benzene rings is 3. The Kier molecular flexibility index (Phi) is 9.13. The summed E-state index contributed by atoms with van der Waals surface area (Å²) < 4.78 is 20.1. The number of anilines is 1. The first-order valence-corrected chi connectivity index (χ1v) is 13.0. The number of phenolic OH excluding ortho intramolecular Hbond substituents is 1. The van der Waals surface area contributed by atoms with Crippen molar-refractivity contribution in [3.8, 4) is 17.0 Å². The number of aromatic hydroxyl groups is 1. The topological polar surface area (TPSA) is 163 Å². The van der Waals surface area contributed by atoms with Crippen LogP contribution in [0.3, 0.4) is 0 Å². The summed E-state index contributed by atoms with van der Waals surface area (Å²) in [7, 11) is 0. The third-order valence-electron chi connectivity index (χ3n) is 6.55. The molecule has 2 heterocycles. The number of hydrogen-bond donors (Lipinski definition) is 6. The fourth-order valence-corrected chi connectivity index (χ4v) is 4.38. The zero-order chi connectivity index (χ0) is 28.6. The quantitative estimate of drug-likeness (QED) is 0.137. The Morgan fingerprint density at radius 2 is 1.85 bits per heavy atom. The molecule has 0 saturated carbocycles. The molecule has 1 saturated heterocycles. The first-order chi connectivity index (χ1) is 19.3. The van der Waals surface area contributed by atoms with Crippen molar-refractivity contribution in [2.75, 3.05) is 18.5 Å². The van der Waals surface area contributed by atoms with Crippen molar-refractivity contribution >= 4 is 17.4 Å². The van der Waals surface area contributed by atoms with Crippen LogP contribution in [0.1, 0.15) is 58.7 Å². The molecule has 1 unspecified atom stereocenters. The Hall–Kier alpha value is -4.70. The van der Waals surface area contributed by atoms with Crippen LogP contribution in [0.4, 0.5) is 10.1 Å². The summed E-state index contributed by atoms with van der Waals surface area (Å²) in [6.45, 7) is 3.91. The number of phenols is 1. The summed E-state index contributed by atoms with van der Waals surface area (Å²) >= 11 is 0. The molecule has 10 heteroatoms. The number of nitrogen functional groups attached to an aromatic ring is 1. The van der Waals surface area contributed by atoms with Gasteiger partial charge in [0.2, 0.25) is 5.91 Å². The number of primary amides is 1. The van der Waals surface area contributed by atoms with Gasteiger partial charge < -0.3 is 31.6 Å². The molecule has 1 atom stereocenters. The Balaban J connectivity index is 0.000000666. The zero-order valence-corrected chi connectivity index (χ0v) is 22.2. The van der Waals surface area contributed by atoms with Gasteiger partial charge in [-0.25, -0.2) is 9.37 Å². The van der Waals surface area contributed by atoms with E-state index in [0.717, 1.165) is 18.8 Å². The number of hydrogen-bond acceptors (Lipinski definition) is 6. The lowest BCUT2D eigenvalue weighted by molar-refractivity contribution is 0.100. The van der Waals surface area contributed by atoms with Crippen molar-refractivity contribution < 1.29 is 19.0 Å². The van der Waals surface area contributed by atoms with Crippen molar-refractivity contribution in [2.45, 2.75) is 32.2 Å². The van der Waals surface area contributed by atoms with E-state index >= 15 is 4.39 Å². The Morgan fingerprint density at radius 1 is 1.15 bits per heavy atom. The van der Waals surface area contributed by atoms with E-state index in [-0.39, 0.29) is 11.4 Å². The number of imidazole rings is 1. The zero-order valence-electron chi connectivity index (χ0n) is 22.2. The standard InChI is InChI=1S/C26H25FN6O2.C4H8O/c1-2-14-11-19(22(27)21(34)12-14)23(32-16-9-7-15(8-10-16)24(28)29)26-31-13-20(33-26)17-5-3-4-6-18(17)25(30)35;1-2-4-5-3-1/h3-13,23,32,34H,2H2,1H3,(H3,28,29)(H2,30,35)(H,31,33);1-4H2. The molecule has 0 bridgehead atoms. The number of H-pyrrole nitrogens is 1. The van der Waals surface area contributed by atoms with Gasteiger partial charge in [0.05, 0.1) is 11.9 Å². The number of nitrogens with zero attached hydrogens (tertiary/aromatic N) is 1. The van der Waals surface area contributed by atoms with Gasteiger partial charge in [0.1, 0.15) is 17.7 Å². The molecule has 40 heavy (non-hydrogen) atoms. The number of aryl methyl sites for hydroxylation is 1. The smallest absolute Gasteiger partial charge is 0.249 e. The number of amidine groups is 1. The average Bonchev–Trinajstić information content (AvgIpc) is 3.69. The van der Waals surface area contributed by atoms with Crippen LogP contribution in [-0.2, 0) is 11.2 Å². The number of ether oxygens (including phenoxy) is 1. The van der Waals surface area contributed by atoms with Crippen LogP contribution in [0.2, 0.25) is 0 Å². The number of aromatic amines is 1. The van der Waals surface area contributed by atoms with E-state index in [4.69, 9.17) is 21.6 Å². The van der Waals surface area contributed by atoms with E-state index in [1.54, 1.807) is 60.8 Å².